The molecular formula is C22H28ClFN4O2S. The minimum atomic E-state index is -0.577. The molecule has 1 amide bonds. The lowest BCUT2D eigenvalue weighted by atomic mass is 9.92. The van der Waals surface area contributed by atoms with E-state index in [1.165, 1.54) is 22.9 Å². The van der Waals surface area contributed by atoms with Gasteiger partial charge in [-0.1, -0.05) is 18.5 Å². The molecule has 0 saturated heterocycles. The van der Waals surface area contributed by atoms with Crippen molar-refractivity contribution in [3.63, 3.8) is 0 Å². The van der Waals surface area contributed by atoms with Gasteiger partial charge in [0.25, 0.3) is 5.91 Å². The van der Waals surface area contributed by atoms with Crippen molar-refractivity contribution in [1.29, 1.82) is 0 Å². The summed E-state index contributed by atoms with van der Waals surface area (Å²) in [6, 6.07) is 4.04. The lowest BCUT2D eigenvalue weighted by Gasteiger charge is -2.24. The average molecular weight is 467 g/mol. The summed E-state index contributed by atoms with van der Waals surface area (Å²) < 4.78 is 15.0. The van der Waals surface area contributed by atoms with Crippen LogP contribution in [-0.4, -0.2) is 37.9 Å². The second-order valence-corrected chi connectivity index (χ2v) is 10.5. The second-order valence-electron chi connectivity index (χ2n) is 8.81. The number of hydrogen-bond acceptors (Lipinski definition) is 5. The Morgan fingerprint density at radius 3 is 2.71 bits per heavy atom. The zero-order valence-electron chi connectivity index (χ0n) is 17.7. The number of aromatic nitrogens is 2. The molecule has 2 fully saturated rings. The maximum atomic E-state index is 13.4. The van der Waals surface area contributed by atoms with Crippen LogP contribution in [0.5, 0.6) is 0 Å². The van der Waals surface area contributed by atoms with Crippen molar-refractivity contribution in [2.24, 2.45) is 18.9 Å². The predicted octanol–water partition coefficient (Wildman–Crippen LogP) is 4.43. The summed E-state index contributed by atoms with van der Waals surface area (Å²) >= 11 is 7.62. The van der Waals surface area contributed by atoms with Gasteiger partial charge in [0.2, 0.25) is 0 Å². The second kappa shape index (κ2) is 8.64. The molecule has 1 heterocycles. The van der Waals surface area contributed by atoms with Crippen molar-refractivity contribution in [1.82, 2.24) is 9.78 Å². The number of nitrogens with one attached hydrogen (secondary N) is 1. The van der Waals surface area contributed by atoms with E-state index in [0.717, 1.165) is 37.2 Å². The third-order valence-corrected chi connectivity index (χ3v) is 8.05. The molecule has 2 atom stereocenters. The zero-order valence-corrected chi connectivity index (χ0v) is 19.3. The van der Waals surface area contributed by atoms with Gasteiger partial charge in [-0.25, -0.2) is 4.39 Å². The number of hydrogen-bond donors (Lipinski definition) is 3. The lowest BCUT2D eigenvalue weighted by Crippen LogP contribution is -2.29. The fraction of sp³-hybridized carbons (Fsp3) is 0.545. The molecule has 9 heteroatoms. The van der Waals surface area contributed by atoms with Crippen molar-refractivity contribution in [2.75, 3.05) is 22.6 Å². The number of thioether (sulfide) groups is 1. The Balaban J connectivity index is 1.52. The Hall–Kier alpha value is -1.77. The number of aryl methyl sites for hydroxylation is 1. The maximum Gasteiger partial charge on any atom is 0.261 e. The van der Waals surface area contributed by atoms with Gasteiger partial charge in [0, 0.05) is 24.4 Å². The highest BCUT2D eigenvalue weighted by atomic mass is 35.5. The van der Waals surface area contributed by atoms with E-state index in [0.29, 0.717) is 34.6 Å². The van der Waals surface area contributed by atoms with Gasteiger partial charge in [-0.2, -0.15) is 16.9 Å². The minimum absolute atomic E-state index is 0.0606. The van der Waals surface area contributed by atoms with E-state index in [2.05, 4.69) is 17.3 Å². The molecule has 4 N–H and O–H groups in total. The van der Waals surface area contributed by atoms with E-state index in [9.17, 15) is 14.3 Å². The van der Waals surface area contributed by atoms with E-state index >= 15 is 0 Å². The summed E-state index contributed by atoms with van der Waals surface area (Å²) in [5, 5.41) is 18.2. The van der Waals surface area contributed by atoms with Crippen LogP contribution in [0.4, 0.5) is 15.9 Å². The lowest BCUT2D eigenvalue weighted by molar-refractivity contribution is 0.0629. The van der Waals surface area contributed by atoms with Crippen LogP contribution in [0.2, 0.25) is 5.02 Å². The number of halogens is 2. The number of fused-ring (bicyclic) bond motifs is 1. The van der Waals surface area contributed by atoms with E-state index in [1.54, 1.807) is 18.8 Å². The van der Waals surface area contributed by atoms with Gasteiger partial charge in [0.05, 0.1) is 16.3 Å². The molecule has 0 bridgehead atoms. The third-order valence-electron chi connectivity index (χ3n) is 6.61. The monoisotopic (exact) mass is 466 g/mol. The Kier molecular flexibility index (Phi) is 6.25. The van der Waals surface area contributed by atoms with E-state index < -0.39 is 11.4 Å². The summed E-state index contributed by atoms with van der Waals surface area (Å²) in [5.41, 5.74) is 7.09. The number of nitrogens with two attached hydrogens (primary N) is 1. The van der Waals surface area contributed by atoms with Gasteiger partial charge in [-0.15, -0.1) is 0 Å². The summed E-state index contributed by atoms with van der Waals surface area (Å²) in [6.07, 6.45) is 3.39. The first-order chi connectivity index (χ1) is 14.7. The normalized spacial score (nSPS) is 27.5. The molecule has 31 heavy (non-hydrogen) atoms. The highest BCUT2D eigenvalue weighted by Crippen LogP contribution is 2.54. The van der Waals surface area contributed by atoms with Crippen LogP contribution in [0, 0.1) is 17.7 Å². The van der Waals surface area contributed by atoms with Crippen molar-refractivity contribution < 1.29 is 14.3 Å². The number of nitrogens with zero attached hydrogens (tertiary/aromatic N) is 2. The average Bonchev–Trinajstić information content (AvgIpc) is 3.33. The Morgan fingerprint density at radius 1 is 1.42 bits per heavy atom. The van der Waals surface area contributed by atoms with E-state index in [-0.39, 0.29) is 16.8 Å². The van der Waals surface area contributed by atoms with Crippen molar-refractivity contribution in [2.45, 2.75) is 44.1 Å². The van der Waals surface area contributed by atoms with Gasteiger partial charge in [0.1, 0.15) is 17.2 Å². The molecule has 2 aliphatic rings. The molecule has 2 unspecified atom stereocenters. The molecule has 168 valence electrons. The molecule has 0 radical (unpaired) electrons. The van der Waals surface area contributed by atoms with Crippen molar-refractivity contribution >= 4 is 40.8 Å². The molecule has 1 aromatic carbocycles. The highest BCUT2D eigenvalue weighted by molar-refractivity contribution is 7.99. The standard InChI is InChI=1S/C22H28ClFN4O2S/c1-3-31-11-22(30)9-13-6-12(7-14(13)10-22)19-18(20(25)28(2)27-19)21(29)26-15-4-5-17(24)16(23)8-15/h4-5,8,12-14,30H,3,6-7,9-11,25H2,1-2H3,(H,26,29). The van der Waals surface area contributed by atoms with Crippen LogP contribution in [0.3, 0.4) is 0 Å². The first-order valence-corrected chi connectivity index (χ1v) is 12.1. The fourth-order valence-electron chi connectivity index (χ4n) is 5.25. The molecule has 2 aromatic rings. The minimum Gasteiger partial charge on any atom is -0.389 e. The number of rotatable bonds is 6. The smallest absolute Gasteiger partial charge is 0.261 e. The van der Waals surface area contributed by atoms with E-state index in [1.807, 2.05) is 0 Å². The number of carbonyl (C=O) groups excluding carboxylic acids is 1. The van der Waals surface area contributed by atoms with Crippen molar-refractivity contribution in [3.8, 4) is 0 Å². The number of amides is 1. The molecule has 4 rings (SSSR count). The Labute approximate surface area is 190 Å². The maximum absolute atomic E-state index is 13.4. The highest BCUT2D eigenvalue weighted by Gasteiger charge is 2.49. The Morgan fingerprint density at radius 2 is 2.10 bits per heavy atom. The summed E-state index contributed by atoms with van der Waals surface area (Å²) in [6.45, 7) is 2.11. The van der Waals surface area contributed by atoms with Gasteiger partial charge in [-0.3, -0.25) is 9.48 Å². The first kappa shape index (κ1) is 22.4. The Bertz CT molecular complexity index is 984. The van der Waals surface area contributed by atoms with Crippen LogP contribution in [0.15, 0.2) is 18.2 Å². The van der Waals surface area contributed by atoms with E-state index in [4.69, 9.17) is 17.3 Å². The largest absolute Gasteiger partial charge is 0.389 e. The van der Waals surface area contributed by atoms with Crippen LogP contribution in [0.25, 0.3) is 0 Å². The van der Waals surface area contributed by atoms with Gasteiger partial charge >= 0.3 is 0 Å². The zero-order chi connectivity index (χ0) is 22.3. The summed E-state index contributed by atoms with van der Waals surface area (Å²) in [5.74, 6) is 2.15. The number of anilines is 2. The third kappa shape index (κ3) is 4.43. The SMILES string of the molecule is CCSCC1(O)CC2CC(c3nn(C)c(N)c3C(=O)Nc3ccc(F)c(Cl)c3)CC2C1. The molecule has 6 nitrogen and oxygen atoms in total. The predicted molar refractivity (Wildman–Crippen MR) is 123 cm³/mol. The van der Waals surface area contributed by atoms with Crippen LogP contribution in [0.1, 0.15) is 54.6 Å². The van der Waals surface area contributed by atoms with Gasteiger partial charge < -0.3 is 16.2 Å². The van der Waals surface area contributed by atoms with Crippen LogP contribution in [-0.2, 0) is 7.05 Å². The molecular weight excluding hydrogens is 439 g/mol. The molecule has 0 aliphatic heterocycles. The number of carbonyl (C=O) groups is 1. The number of aliphatic hydroxyl groups is 1. The van der Waals surface area contributed by atoms with Crippen molar-refractivity contribution in [3.05, 3.63) is 40.3 Å². The number of nitrogen functional groups attached to an aromatic ring is 1. The molecule has 0 spiro atoms. The van der Waals surface area contributed by atoms with Gasteiger partial charge in [0.15, 0.2) is 0 Å². The molecule has 1 aromatic heterocycles. The fourth-order valence-corrected chi connectivity index (χ4v) is 6.25. The number of benzene rings is 1. The first-order valence-electron chi connectivity index (χ1n) is 10.6. The quantitative estimate of drug-likeness (QED) is 0.585. The summed E-state index contributed by atoms with van der Waals surface area (Å²) in [4.78, 5) is 13.1. The molecule has 2 saturated carbocycles. The molecule has 2 aliphatic carbocycles. The topological polar surface area (TPSA) is 93.2 Å². The van der Waals surface area contributed by atoms with Crippen LogP contribution >= 0.6 is 23.4 Å². The van der Waals surface area contributed by atoms with Crippen LogP contribution < -0.4 is 11.1 Å². The summed E-state index contributed by atoms with van der Waals surface area (Å²) in [7, 11) is 1.72. The van der Waals surface area contributed by atoms with Gasteiger partial charge in [-0.05, 0) is 61.5 Å².